The second-order valence-electron chi connectivity index (χ2n) is 5.43. The Labute approximate surface area is 149 Å². The van der Waals surface area contributed by atoms with E-state index in [1.54, 1.807) is 18.1 Å². The number of anilines is 1. The van der Waals surface area contributed by atoms with E-state index in [2.05, 4.69) is 10.4 Å². The molecule has 2 amide bonds. The lowest BCUT2D eigenvalue weighted by atomic mass is 10.2. The summed E-state index contributed by atoms with van der Waals surface area (Å²) in [6.07, 6.45) is 1.75. The fourth-order valence-electron chi connectivity index (χ4n) is 2.32. The normalized spacial score (nSPS) is 10.6. The van der Waals surface area contributed by atoms with Crippen LogP contribution in [0.15, 0.2) is 48.7 Å². The van der Waals surface area contributed by atoms with Gasteiger partial charge in [0.05, 0.1) is 16.6 Å². The second kappa shape index (κ2) is 7.07. The highest BCUT2D eigenvalue weighted by molar-refractivity contribution is 7.16. The van der Waals surface area contributed by atoms with Crippen LogP contribution in [0.2, 0.25) is 4.34 Å². The van der Waals surface area contributed by atoms with Crippen LogP contribution < -0.4 is 5.32 Å². The number of aryl methyl sites for hydroxylation is 1. The topological polar surface area (TPSA) is 50.2 Å². The summed E-state index contributed by atoms with van der Waals surface area (Å²) in [5, 5.41) is 7.19. The fraction of sp³-hybridized carbons (Fsp3) is 0.176. The average molecular weight is 361 g/mol. The van der Waals surface area contributed by atoms with Gasteiger partial charge in [-0.3, -0.25) is 0 Å². The number of carbonyl (C=O) groups is 1. The van der Waals surface area contributed by atoms with Crippen molar-refractivity contribution in [2.24, 2.45) is 0 Å². The van der Waals surface area contributed by atoms with E-state index < -0.39 is 0 Å². The number of amides is 2. The van der Waals surface area contributed by atoms with Crippen molar-refractivity contribution in [3.8, 4) is 5.69 Å². The Hall–Kier alpha value is -2.31. The van der Waals surface area contributed by atoms with Crippen molar-refractivity contribution in [3.05, 3.63) is 63.6 Å². The van der Waals surface area contributed by atoms with Crippen molar-refractivity contribution >= 4 is 34.7 Å². The number of hydrogen-bond donors (Lipinski definition) is 1. The van der Waals surface area contributed by atoms with Crippen molar-refractivity contribution in [2.75, 3.05) is 12.4 Å². The SMILES string of the molecule is Cc1ccnn1-c1cccc(NC(=O)N(C)Cc2ccc(Cl)s2)c1. The summed E-state index contributed by atoms with van der Waals surface area (Å²) < 4.78 is 2.55. The van der Waals surface area contributed by atoms with Gasteiger partial charge >= 0.3 is 6.03 Å². The molecule has 1 N–H and O–H groups in total. The Bertz CT molecular complexity index is 858. The molecule has 0 aliphatic heterocycles. The van der Waals surface area contributed by atoms with Crippen LogP contribution in [0.4, 0.5) is 10.5 Å². The molecule has 3 rings (SSSR count). The summed E-state index contributed by atoms with van der Waals surface area (Å²) in [4.78, 5) is 15.0. The molecule has 0 aliphatic carbocycles. The number of aromatic nitrogens is 2. The Kier molecular flexibility index (Phi) is 4.87. The minimum absolute atomic E-state index is 0.172. The number of thiophene rings is 1. The number of hydrogen-bond acceptors (Lipinski definition) is 3. The Morgan fingerprint density at radius 2 is 2.17 bits per heavy atom. The first-order valence-corrected chi connectivity index (χ1v) is 8.60. The van der Waals surface area contributed by atoms with Gasteiger partial charge in [-0.05, 0) is 43.3 Å². The molecule has 7 heteroatoms. The van der Waals surface area contributed by atoms with E-state index in [-0.39, 0.29) is 6.03 Å². The van der Waals surface area contributed by atoms with Crippen molar-refractivity contribution in [1.82, 2.24) is 14.7 Å². The molecule has 0 aliphatic rings. The van der Waals surface area contributed by atoms with Crippen molar-refractivity contribution in [2.45, 2.75) is 13.5 Å². The van der Waals surface area contributed by atoms with Gasteiger partial charge < -0.3 is 10.2 Å². The van der Waals surface area contributed by atoms with Gasteiger partial charge in [0.15, 0.2) is 0 Å². The van der Waals surface area contributed by atoms with E-state index in [1.165, 1.54) is 11.3 Å². The fourth-order valence-corrected chi connectivity index (χ4v) is 3.46. The van der Waals surface area contributed by atoms with Crippen molar-refractivity contribution in [3.63, 3.8) is 0 Å². The third kappa shape index (κ3) is 3.77. The van der Waals surface area contributed by atoms with Gasteiger partial charge in [-0.1, -0.05) is 17.7 Å². The first kappa shape index (κ1) is 16.5. The van der Waals surface area contributed by atoms with Gasteiger partial charge in [0.2, 0.25) is 0 Å². The predicted molar refractivity (Wildman–Crippen MR) is 98.1 cm³/mol. The average Bonchev–Trinajstić information content (AvgIpc) is 3.16. The van der Waals surface area contributed by atoms with E-state index in [9.17, 15) is 4.79 Å². The van der Waals surface area contributed by atoms with Gasteiger partial charge in [-0.15, -0.1) is 11.3 Å². The standard InChI is InChI=1S/C17H17ClN4OS/c1-12-8-9-19-22(12)14-5-3-4-13(10-14)20-17(23)21(2)11-15-6-7-16(18)24-15/h3-10H,11H2,1-2H3,(H,20,23). The molecule has 2 heterocycles. The highest BCUT2D eigenvalue weighted by Crippen LogP contribution is 2.23. The second-order valence-corrected chi connectivity index (χ2v) is 7.23. The van der Waals surface area contributed by atoms with Crippen molar-refractivity contribution < 1.29 is 4.79 Å². The molecule has 0 fully saturated rings. The quantitative estimate of drug-likeness (QED) is 0.741. The predicted octanol–water partition coefficient (Wildman–Crippen LogP) is 4.56. The maximum absolute atomic E-state index is 12.4. The minimum atomic E-state index is -0.172. The van der Waals surface area contributed by atoms with Gasteiger partial charge in [0.1, 0.15) is 0 Å². The summed E-state index contributed by atoms with van der Waals surface area (Å²) in [7, 11) is 1.75. The molecule has 0 saturated heterocycles. The van der Waals surface area contributed by atoms with Crippen LogP contribution in [-0.4, -0.2) is 27.8 Å². The van der Waals surface area contributed by atoms with Crippen LogP contribution in [-0.2, 0) is 6.54 Å². The third-order valence-electron chi connectivity index (χ3n) is 3.54. The molecule has 124 valence electrons. The van der Waals surface area contributed by atoms with Crippen molar-refractivity contribution in [1.29, 1.82) is 0 Å². The number of benzene rings is 1. The molecular weight excluding hydrogens is 344 g/mol. The number of halogens is 1. The number of nitrogens with zero attached hydrogens (tertiary/aromatic N) is 3. The van der Waals surface area contributed by atoms with E-state index >= 15 is 0 Å². The summed E-state index contributed by atoms with van der Waals surface area (Å²) in [6.45, 7) is 2.50. The first-order valence-electron chi connectivity index (χ1n) is 7.40. The lowest BCUT2D eigenvalue weighted by Crippen LogP contribution is -2.30. The van der Waals surface area contributed by atoms with Crippen LogP contribution in [0.25, 0.3) is 5.69 Å². The smallest absolute Gasteiger partial charge is 0.321 e. The van der Waals surface area contributed by atoms with E-state index in [4.69, 9.17) is 11.6 Å². The zero-order valence-electron chi connectivity index (χ0n) is 13.4. The van der Waals surface area contributed by atoms with Gasteiger partial charge in [-0.25, -0.2) is 9.48 Å². The zero-order chi connectivity index (χ0) is 17.1. The molecule has 0 radical (unpaired) electrons. The molecule has 24 heavy (non-hydrogen) atoms. The molecule has 0 atom stereocenters. The summed E-state index contributed by atoms with van der Waals surface area (Å²) >= 11 is 7.40. The molecule has 0 spiro atoms. The molecule has 5 nitrogen and oxygen atoms in total. The Morgan fingerprint density at radius 1 is 1.33 bits per heavy atom. The number of rotatable bonds is 4. The summed E-state index contributed by atoms with van der Waals surface area (Å²) in [5.74, 6) is 0. The van der Waals surface area contributed by atoms with Crippen LogP contribution in [0, 0.1) is 6.92 Å². The first-order chi connectivity index (χ1) is 11.5. The van der Waals surface area contributed by atoms with E-state index in [0.717, 1.165) is 26.3 Å². The van der Waals surface area contributed by atoms with E-state index in [0.29, 0.717) is 6.54 Å². The van der Waals surface area contributed by atoms with E-state index in [1.807, 2.05) is 54.1 Å². The molecule has 1 aromatic carbocycles. The molecule has 3 aromatic rings. The van der Waals surface area contributed by atoms with Gasteiger partial charge in [0.25, 0.3) is 0 Å². The van der Waals surface area contributed by atoms with Crippen LogP contribution in [0.5, 0.6) is 0 Å². The number of carbonyl (C=O) groups excluding carboxylic acids is 1. The molecule has 0 unspecified atom stereocenters. The summed E-state index contributed by atoms with van der Waals surface area (Å²) in [6, 6.07) is 13.1. The maximum Gasteiger partial charge on any atom is 0.321 e. The molecular formula is C17H17ClN4OS. The lowest BCUT2D eigenvalue weighted by Gasteiger charge is -2.17. The van der Waals surface area contributed by atoms with Crippen LogP contribution in [0.3, 0.4) is 0 Å². The monoisotopic (exact) mass is 360 g/mol. The van der Waals surface area contributed by atoms with Crippen LogP contribution in [0.1, 0.15) is 10.6 Å². The molecule has 0 bridgehead atoms. The zero-order valence-corrected chi connectivity index (χ0v) is 14.9. The largest absolute Gasteiger partial charge is 0.322 e. The third-order valence-corrected chi connectivity index (χ3v) is 4.76. The Morgan fingerprint density at radius 3 is 2.83 bits per heavy atom. The van der Waals surface area contributed by atoms with Crippen LogP contribution >= 0.6 is 22.9 Å². The number of urea groups is 1. The van der Waals surface area contributed by atoms with Gasteiger partial charge in [0, 0.05) is 29.5 Å². The minimum Gasteiger partial charge on any atom is -0.322 e. The lowest BCUT2D eigenvalue weighted by molar-refractivity contribution is 0.221. The Balaban J connectivity index is 1.69. The maximum atomic E-state index is 12.4. The molecule has 0 saturated carbocycles. The molecule has 2 aromatic heterocycles. The number of nitrogens with one attached hydrogen (secondary N) is 1. The van der Waals surface area contributed by atoms with Gasteiger partial charge in [-0.2, -0.15) is 5.10 Å². The summed E-state index contributed by atoms with van der Waals surface area (Å²) in [5.41, 5.74) is 2.66. The highest BCUT2D eigenvalue weighted by atomic mass is 35.5. The highest BCUT2D eigenvalue weighted by Gasteiger charge is 2.11.